The Labute approximate surface area is 101 Å². The lowest BCUT2D eigenvalue weighted by Crippen LogP contribution is -2.16. The van der Waals surface area contributed by atoms with Gasteiger partial charge in [-0.2, -0.15) is 0 Å². The van der Waals surface area contributed by atoms with Crippen molar-refractivity contribution in [2.45, 2.75) is 6.92 Å². The summed E-state index contributed by atoms with van der Waals surface area (Å²) in [5.41, 5.74) is 0. The number of carbonyl (C=O) groups is 2. The van der Waals surface area contributed by atoms with Gasteiger partial charge in [0, 0.05) is 10.1 Å². The molecule has 0 unspecified atom stereocenters. The van der Waals surface area contributed by atoms with E-state index < -0.39 is 11.8 Å². The summed E-state index contributed by atoms with van der Waals surface area (Å²) in [6, 6.07) is 6.51. The maximum Gasteiger partial charge on any atom is 0.380 e. The predicted molar refractivity (Wildman–Crippen MR) is 64.5 cm³/mol. The van der Waals surface area contributed by atoms with E-state index >= 15 is 0 Å². The van der Waals surface area contributed by atoms with E-state index in [1.54, 1.807) is 19.1 Å². The minimum atomic E-state index is -0.862. The van der Waals surface area contributed by atoms with Crippen LogP contribution in [0.2, 0.25) is 0 Å². The molecule has 1 aromatic heterocycles. The van der Waals surface area contributed by atoms with Crippen molar-refractivity contribution in [1.29, 1.82) is 0 Å². The molecule has 88 valence electrons. The van der Waals surface area contributed by atoms with Crippen LogP contribution in [0.3, 0.4) is 0 Å². The molecule has 0 saturated heterocycles. The second-order valence-corrected chi connectivity index (χ2v) is 4.43. The standard InChI is InChI=1S/C12H10O4S/c1-2-16-12(15)11(14)10-6-7-8(13)4-3-5-9(7)17-10/h3-6,13H,2H2,1H3. The maximum absolute atomic E-state index is 11.7. The fourth-order valence-corrected chi connectivity index (χ4v) is 2.46. The summed E-state index contributed by atoms with van der Waals surface area (Å²) < 4.78 is 5.40. The van der Waals surface area contributed by atoms with E-state index in [0.717, 1.165) is 16.0 Å². The number of phenolic OH excluding ortho intramolecular Hbond substituents is 1. The van der Waals surface area contributed by atoms with E-state index in [1.165, 1.54) is 12.1 Å². The zero-order valence-electron chi connectivity index (χ0n) is 9.10. The molecule has 0 fully saturated rings. The number of carbonyl (C=O) groups excluding carboxylic acids is 2. The first kappa shape index (κ1) is 11.6. The number of ketones is 1. The topological polar surface area (TPSA) is 63.6 Å². The van der Waals surface area contributed by atoms with Gasteiger partial charge in [0.25, 0.3) is 5.78 Å². The minimum Gasteiger partial charge on any atom is -0.507 e. The van der Waals surface area contributed by atoms with Crippen LogP contribution in [0.4, 0.5) is 0 Å². The number of benzene rings is 1. The highest BCUT2D eigenvalue weighted by Crippen LogP contribution is 2.32. The van der Waals surface area contributed by atoms with Gasteiger partial charge in [-0.1, -0.05) is 6.07 Å². The van der Waals surface area contributed by atoms with Gasteiger partial charge in [-0.25, -0.2) is 4.79 Å². The van der Waals surface area contributed by atoms with Crippen molar-refractivity contribution in [3.63, 3.8) is 0 Å². The number of thiophene rings is 1. The molecule has 0 aliphatic rings. The molecule has 0 bridgehead atoms. The lowest BCUT2D eigenvalue weighted by molar-refractivity contribution is -0.137. The van der Waals surface area contributed by atoms with Crippen molar-refractivity contribution in [2.24, 2.45) is 0 Å². The lowest BCUT2D eigenvalue weighted by Gasteiger charge is -1.97. The minimum absolute atomic E-state index is 0.0988. The van der Waals surface area contributed by atoms with Gasteiger partial charge in [0.1, 0.15) is 5.75 Å². The van der Waals surface area contributed by atoms with Gasteiger partial charge in [-0.05, 0) is 25.1 Å². The van der Waals surface area contributed by atoms with Crippen molar-refractivity contribution < 1.29 is 19.4 Å². The van der Waals surface area contributed by atoms with Crippen LogP contribution in [-0.2, 0) is 9.53 Å². The average Bonchev–Trinajstić information content (AvgIpc) is 2.73. The Balaban J connectivity index is 2.40. The molecule has 5 heteroatoms. The Hall–Kier alpha value is -1.88. The normalized spacial score (nSPS) is 10.4. The average molecular weight is 250 g/mol. The molecule has 0 radical (unpaired) electrons. The third kappa shape index (κ3) is 2.14. The molecule has 1 heterocycles. The third-order valence-electron chi connectivity index (χ3n) is 2.22. The van der Waals surface area contributed by atoms with Crippen molar-refractivity contribution in [1.82, 2.24) is 0 Å². The Kier molecular flexibility index (Phi) is 3.10. The van der Waals surface area contributed by atoms with Crippen LogP contribution < -0.4 is 0 Å². The van der Waals surface area contributed by atoms with E-state index in [1.807, 2.05) is 0 Å². The fourth-order valence-electron chi connectivity index (χ4n) is 1.45. The first-order valence-corrected chi connectivity index (χ1v) is 5.88. The highest BCUT2D eigenvalue weighted by Gasteiger charge is 2.20. The van der Waals surface area contributed by atoms with Gasteiger partial charge in [0.2, 0.25) is 0 Å². The number of Topliss-reactive ketones (excluding diaryl/α,β-unsaturated/α-hetero) is 1. The molecule has 0 aliphatic carbocycles. The number of hydrogen-bond acceptors (Lipinski definition) is 5. The van der Waals surface area contributed by atoms with Crippen LogP contribution in [0.1, 0.15) is 16.6 Å². The van der Waals surface area contributed by atoms with Crippen LogP contribution in [-0.4, -0.2) is 23.5 Å². The van der Waals surface area contributed by atoms with Crippen LogP contribution >= 0.6 is 11.3 Å². The van der Waals surface area contributed by atoms with Crippen LogP contribution in [0.25, 0.3) is 10.1 Å². The second-order valence-electron chi connectivity index (χ2n) is 3.35. The molecule has 0 aliphatic heterocycles. The van der Waals surface area contributed by atoms with E-state index in [4.69, 9.17) is 0 Å². The van der Waals surface area contributed by atoms with Gasteiger partial charge in [-0.15, -0.1) is 11.3 Å². The zero-order chi connectivity index (χ0) is 12.4. The van der Waals surface area contributed by atoms with Crippen molar-refractivity contribution in [2.75, 3.05) is 6.61 Å². The third-order valence-corrected chi connectivity index (χ3v) is 3.32. The van der Waals surface area contributed by atoms with Gasteiger partial charge >= 0.3 is 5.97 Å². The molecule has 1 aromatic carbocycles. The van der Waals surface area contributed by atoms with Crippen LogP contribution in [0.15, 0.2) is 24.3 Å². The molecular weight excluding hydrogens is 240 g/mol. The fraction of sp³-hybridized carbons (Fsp3) is 0.167. The number of fused-ring (bicyclic) bond motifs is 1. The van der Waals surface area contributed by atoms with E-state index in [-0.39, 0.29) is 17.2 Å². The summed E-state index contributed by atoms with van der Waals surface area (Å²) in [7, 11) is 0. The number of hydrogen-bond donors (Lipinski definition) is 1. The number of aromatic hydroxyl groups is 1. The number of ether oxygens (including phenoxy) is 1. The number of esters is 1. The molecule has 0 atom stereocenters. The van der Waals surface area contributed by atoms with Gasteiger partial charge < -0.3 is 9.84 Å². The Bertz CT molecular complexity index is 585. The van der Waals surface area contributed by atoms with Crippen LogP contribution in [0, 0.1) is 0 Å². The quantitative estimate of drug-likeness (QED) is 0.516. The second kappa shape index (κ2) is 4.55. The van der Waals surface area contributed by atoms with Gasteiger partial charge in [0.15, 0.2) is 0 Å². The molecule has 2 aromatic rings. The Morgan fingerprint density at radius 1 is 1.41 bits per heavy atom. The summed E-state index contributed by atoms with van der Waals surface area (Å²) in [6.45, 7) is 1.81. The monoisotopic (exact) mass is 250 g/mol. The summed E-state index contributed by atoms with van der Waals surface area (Å²) in [6.07, 6.45) is 0. The number of rotatable bonds is 3. The molecule has 2 rings (SSSR count). The highest BCUT2D eigenvalue weighted by atomic mass is 32.1. The van der Waals surface area contributed by atoms with Gasteiger partial charge in [-0.3, -0.25) is 4.79 Å². The van der Waals surface area contributed by atoms with Gasteiger partial charge in [0.05, 0.1) is 11.5 Å². The molecular formula is C12H10O4S. The number of phenols is 1. The van der Waals surface area contributed by atoms with Crippen LogP contribution in [0.5, 0.6) is 5.75 Å². The maximum atomic E-state index is 11.7. The molecule has 0 saturated carbocycles. The largest absolute Gasteiger partial charge is 0.507 e. The molecule has 0 spiro atoms. The summed E-state index contributed by atoms with van der Waals surface area (Å²) >= 11 is 1.16. The lowest BCUT2D eigenvalue weighted by atomic mass is 10.2. The summed E-state index contributed by atoms with van der Waals surface area (Å²) in [5.74, 6) is -1.44. The Morgan fingerprint density at radius 3 is 2.82 bits per heavy atom. The van der Waals surface area contributed by atoms with Crippen molar-refractivity contribution in [3.05, 3.63) is 29.1 Å². The smallest absolute Gasteiger partial charge is 0.380 e. The summed E-state index contributed by atoms with van der Waals surface area (Å²) in [5, 5.41) is 10.2. The van der Waals surface area contributed by atoms with E-state index in [2.05, 4.69) is 4.74 Å². The highest BCUT2D eigenvalue weighted by molar-refractivity contribution is 7.21. The molecule has 1 N–H and O–H groups in total. The van der Waals surface area contributed by atoms with Crippen molar-refractivity contribution in [3.8, 4) is 5.75 Å². The SMILES string of the molecule is CCOC(=O)C(=O)c1cc2c(O)cccc2s1. The van der Waals surface area contributed by atoms with E-state index in [9.17, 15) is 14.7 Å². The predicted octanol–water partition coefficient (Wildman–Crippen LogP) is 2.35. The Morgan fingerprint density at radius 2 is 2.18 bits per heavy atom. The molecule has 4 nitrogen and oxygen atoms in total. The molecule has 17 heavy (non-hydrogen) atoms. The first-order chi connectivity index (χ1) is 8.13. The zero-order valence-corrected chi connectivity index (χ0v) is 9.91. The van der Waals surface area contributed by atoms with Crippen molar-refractivity contribution >= 4 is 33.2 Å². The summed E-state index contributed by atoms with van der Waals surface area (Å²) in [4.78, 5) is 23.2. The first-order valence-electron chi connectivity index (χ1n) is 5.06. The molecule has 0 amide bonds. The van der Waals surface area contributed by atoms with E-state index in [0.29, 0.717) is 5.39 Å².